The fraction of sp³-hybridized carbons (Fsp3) is 0.818. The Bertz CT molecular complexity index is 261. The molecule has 0 saturated heterocycles. The number of hydrogen-bond acceptors (Lipinski definition) is 3. The van der Waals surface area contributed by atoms with Gasteiger partial charge in [-0.3, -0.25) is 0 Å². The van der Waals surface area contributed by atoms with Gasteiger partial charge in [0.2, 0.25) is 0 Å². The molecular weight excluding hydrogens is 240 g/mol. The minimum atomic E-state index is -0.993. The van der Waals surface area contributed by atoms with Crippen molar-refractivity contribution in [1.29, 1.82) is 0 Å². The van der Waals surface area contributed by atoms with Crippen LogP contribution in [-0.4, -0.2) is 41.2 Å². The molecule has 17 heavy (non-hydrogen) atoms. The van der Waals surface area contributed by atoms with Crippen molar-refractivity contribution < 1.29 is 14.7 Å². The first kappa shape index (κ1) is 16.1. The van der Waals surface area contributed by atoms with E-state index in [0.717, 1.165) is 0 Å². The summed E-state index contributed by atoms with van der Waals surface area (Å²) in [5.74, 6) is -1.08. The van der Waals surface area contributed by atoms with E-state index in [1.54, 1.807) is 11.8 Å². The van der Waals surface area contributed by atoms with Crippen LogP contribution >= 0.6 is 11.8 Å². The van der Waals surface area contributed by atoms with E-state index in [2.05, 4.69) is 10.6 Å². The Morgan fingerprint density at radius 2 is 1.94 bits per heavy atom. The van der Waals surface area contributed by atoms with Gasteiger partial charge in [-0.1, -0.05) is 27.2 Å². The van der Waals surface area contributed by atoms with E-state index in [1.807, 2.05) is 27.0 Å². The van der Waals surface area contributed by atoms with Gasteiger partial charge in [-0.15, -0.1) is 0 Å². The molecule has 2 amide bonds. The van der Waals surface area contributed by atoms with Crippen LogP contribution in [0.25, 0.3) is 0 Å². The lowest BCUT2D eigenvalue weighted by Crippen LogP contribution is -2.49. The standard InChI is InChI=1S/C11H22N2O3S/c1-5-7(2)9(10(14)15)13-11(16)12-6-8(3)17-4/h7-9H,5-6H2,1-4H3,(H,14,15)(H2,12,13,16)/t7-,8?,9-/m0/s1. The average Bonchev–Trinajstić information content (AvgIpc) is 2.31. The van der Waals surface area contributed by atoms with Gasteiger partial charge in [0.25, 0.3) is 0 Å². The summed E-state index contributed by atoms with van der Waals surface area (Å²) in [6, 6.07) is -1.25. The molecule has 0 bridgehead atoms. The van der Waals surface area contributed by atoms with E-state index >= 15 is 0 Å². The number of nitrogens with one attached hydrogen (secondary N) is 2. The molecule has 0 aromatic rings. The molecule has 3 atom stereocenters. The third-order valence-electron chi connectivity index (χ3n) is 2.72. The molecule has 100 valence electrons. The number of aliphatic carboxylic acids is 1. The van der Waals surface area contributed by atoms with Crippen molar-refractivity contribution in [2.45, 2.75) is 38.5 Å². The van der Waals surface area contributed by atoms with Crippen LogP contribution in [0.5, 0.6) is 0 Å². The van der Waals surface area contributed by atoms with E-state index in [1.165, 1.54) is 0 Å². The van der Waals surface area contributed by atoms with Gasteiger partial charge in [0, 0.05) is 11.8 Å². The van der Waals surface area contributed by atoms with Crippen LogP contribution in [0, 0.1) is 5.92 Å². The van der Waals surface area contributed by atoms with Crippen LogP contribution < -0.4 is 10.6 Å². The van der Waals surface area contributed by atoms with Crippen molar-refractivity contribution in [3.05, 3.63) is 0 Å². The molecule has 0 aliphatic rings. The zero-order valence-corrected chi connectivity index (χ0v) is 11.6. The highest BCUT2D eigenvalue weighted by Gasteiger charge is 2.25. The van der Waals surface area contributed by atoms with Crippen LogP contribution in [0.3, 0.4) is 0 Å². The van der Waals surface area contributed by atoms with Gasteiger partial charge in [-0.2, -0.15) is 11.8 Å². The van der Waals surface area contributed by atoms with Crippen LogP contribution in [0.15, 0.2) is 0 Å². The highest BCUT2D eigenvalue weighted by Crippen LogP contribution is 2.08. The predicted molar refractivity (Wildman–Crippen MR) is 70.4 cm³/mol. The molecule has 0 rings (SSSR count). The highest BCUT2D eigenvalue weighted by atomic mass is 32.2. The molecule has 5 nitrogen and oxygen atoms in total. The Balaban J connectivity index is 4.18. The molecule has 1 unspecified atom stereocenters. The molecule has 0 aromatic carbocycles. The quantitative estimate of drug-likeness (QED) is 0.650. The van der Waals surface area contributed by atoms with Crippen LogP contribution in [0.4, 0.5) is 4.79 Å². The number of carboxylic acid groups (broad SMARTS) is 1. The normalized spacial score (nSPS) is 15.8. The highest BCUT2D eigenvalue weighted by molar-refractivity contribution is 7.99. The smallest absolute Gasteiger partial charge is 0.326 e. The van der Waals surface area contributed by atoms with E-state index in [-0.39, 0.29) is 5.92 Å². The number of carbonyl (C=O) groups excluding carboxylic acids is 1. The Hall–Kier alpha value is -0.910. The van der Waals surface area contributed by atoms with Crippen molar-refractivity contribution >= 4 is 23.8 Å². The maximum absolute atomic E-state index is 11.5. The molecule has 0 radical (unpaired) electrons. The second-order valence-electron chi connectivity index (χ2n) is 4.10. The fourth-order valence-electron chi connectivity index (χ4n) is 1.20. The second-order valence-corrected chi connectivity index (χ2v) is 5.38. The maximum atomic E-state index is 11.5. The Morgan fingerprint density at radius 3 is 2.35 bits per heavy atom. The van der Waals surface area contributed by atoms with Gasteiger partial charge >= 0.3 is 12.0 Å². The Morgan fingerprint density at radius 1 is 1.35 bits per heavy atom. The minimum absolute atomic E-state index is 0.0868. The summed E-state index contributed by atoms with van der Waals surface area (Å²) in [4.78, 5) is 22.5. The predicted octanol–water partition coefficient (Wildman–Crippen LogP) is 1.54. The molecule has 0 fully saturated rings. The molecule has 0 aliphatic carbocycles. The number of amides is 2. The monoisotopic (exact) mass is 262 g/mol. The van der Waals surface area contributed by atoms with Gasteiger partial charge in [0.05, 0.1) is 0 Å². The van der Waals surface area contributed by atoms with Crippen LogP contribution in [0.2, 0.25) is 0 Å². The summed E-state index contributed by atoms with van der Waals surface area (Å²) in [6.07, 6.45) is 2.67. The second kappa shape index (κ2) is 8.22. The first-order valence-electron chi connectivity index (χ1n) is 5.72. The van der Waals surface area contributed by atoms with Crippen molar-refractivity contribution in [1.82, 2.24) is 10.6 Å². The molecule has 0 heterocycles. The van der Waals surface area contributed by atoms with Crippen LogP contribution in [0.1, 0.15) is 27.2 Å². The van der Waals surface area contributed by atoms with Gasteiger partial charge in [-0.05, 0) is 12.2 Å². The first-order chi connectivity index (χ1) is 7.92. The summed E-state index contributed by atoms with van der Waals surface area (Å²) in [7, 11) is 0. The van der Waals surface area contributed by atoms with Gasteiger partial charge < -0.3 is 15.7 Å². The molecule has 6 heteroatoms. The zero-order chi connectivity index (χ0) is 13.4. The first-order valence-corrected chi connectivity index (χ1v) is 7.01. The van der Waals surface area contributed by atoms with E-state index in [0.29, 0.717) is 18.2 Å². The third kappa shape index (κ3) is 6.41. The SMILES string of the molecule is CC[C@H](C)[C@H](NC(=O)NCC(C)SC)C(=O)O. The average molecular weight is 262 g/mol. The van der Waals surface area contributed by atoms with E-state index in [4.69, 9.17) is 5.11 Å². The van der Waals surface area contributed by atoms with Gasteiger partial charge in [-0.25, -0.2) is 9.59 Å². The topological polar surface area (TPSA) is 78.4 Å². The lowest BCUT2D eigenvalue weighted by atomic mass is 9.99. The van der Waals surface area contributed by atoms with E-state index < -0.39 is 18.0 Å². The van der Waals surface area contributed by atoms with Crippen molar-refractivity contribution in [2.24, 2.45) is 5.92 Å². The van der Waals surface area contributed by atoms with Crippen LogP contribution in [-0.2, 0) is 4.79 Å². The number of hydrogen-bond donors (Lipinski definition) is 3. The lowest BCUT2D eigenvalue weighted by molar-refractivity contribution is -0.140. The van der Waals surface area contributed by atoms with Crippen molar-refractivity contribution in [3.8, 4) is 0 Å². The van der Waals surface area contributed by atoms with E-state index in [9.17, 15) is 9.59 Å². The fourth-order valence-corrected chi connectivity index (χ4v) is 1.45. The molecule has 0 saturated carbocycles. The molecule has 0 aromatic heterocycles. The number of carbonyl (C=O) groups is 2. The lowest BCUT2D eigenvalue weighted by Gasteiger charge is -2.20. The zero-order valence-electron chi connectivity index (χ0n) is 10.8. The molecule has 3 N–H and O–H groups in total. The summed E-state index contributed by atoms with van der Waals surface area (Å²) >= 11 is 1.64. The van der Waals surface area contributed by atoms with Crippen molar-refractivity contribution in [2.75, 3.05) is 12.8 Å². The summed E-state index contributed by atoms with van der Waals surface area (Å²) in [5.41, 5.74) is 0. The summed E-state index contributed by atoms with van der Waals surface area (Å²) in [5, 5.41) is 14.5. The minimum Gasteiger partial charge on any atom is -0.480 e. The van der Waals surface area contributed by atoms with Gasteiger partial charge in [0.15, 0.2) is 0 Å². The maximum Gasteiger partial charge on any atom is 0.326 e. The number of rotatable bonds is 7. The van der Waals surface area contributed by atoms with Crippen molar-refractivity contribution in [3.63, 3.8) is 0 Å². The molecular formula is C11H22N2O3S. The number of urea groups is 1. The summed E-state index contributed by atoms with van der Waals surface area (Å²) < 4.78 is 0. The Kier molecular flexibility index (Phi) is 7.78. The van der Waals surface area contributed by atoms with Gasteiger partial charge in [0.1, 0.15) is 6.04 Å². The third-order valence-corrected chi connectivity index (χ3v) is 3.69. The molecule has 0 aliphatic heterocycles. The Labute approximate surface area is 107 Å². The number of carboxylic acids is 1. The molecule has 0 spiro atoms. The number of thioether (sulfide) groups is 1. The summed E-state index contributed by atoms with van der Waals surface area (Å²) in [6.45, 7) is 6.23. The largest absolute Gasteiger partial charge is 0.480 e.